The van der Waals surface area contributed by atoms with Crippen LogP contribution in [0.4, 0.5) is 28.8 Å². The molecule has 2 aliphatic rings. The fourth-order valence-electron chi connectivity index (χ4n) is 5.42. The molecule has 0 aliphatic carbocycles. The number of hydrogen-bond donors (Lipinski definition) is 2. The van der Waals surface area contributed by atoms with Crippen molar-refractivity contribution in [3.63, 3.8) is 0 Å². The van der Waals surface area contributed by atoms with Crippen LogP contribution in [0.1, 0.15) is 44.7 Å². The number of piperidine rings is 1. The molecule has 0 radical (unpaired) electrons. The van der Waals surface area contributed by atoms with Crippen molar-refractivity contribution in [3.8, 4) is 5.75 Å². The predicted molar refractivity (Wildman–Crippen MR) is 169 cm³/mol. The van der Waals surface area contributed by atoms with Gasteiger partial charge in [-0.05, 0) is 78.4 Å². The summed E-state index contributed by atoms with van der Waals surface area (Å²) in [6.07, 6.45) is 5.14. The lowest BCUT2D eigenvalue weighted by atomic mass is 10.0. The number of fused-ring (bicyclic) bond motifs is 1. The fourth-order valence-corrected chi connectivity index (χ4v) is 6.58. The van der Waals surface area contributed by atoms with Crippen molar-refractivity contribution in [2.24, 2.45) is 0 Å². The van der Waals surface area contributed by atoms with Gasteiger partial charge in [-0.2, -0.15) is 4.98 Å². The van der Waals surface area contributed by atoms with Crippen molar-refractivity contribution in [1.29, 1.82) is 0 Å². The summed E-state index contributed by atoms with van der Waals surface area (Å²) in [6.45, 7) is 13.7. The Morgan fingerprint density at radius 2 is 1.73 bits per heavy atom. The molecule has 2 aromatic carbocycles. The molecule has 216 valence electrons. The van der Waals surface area contributed by atoms with E-state index in [1.54, 1.807) is 19.5 Å². The summed E-state index contributed by atoms with van der Waals surface area (Å²) < 4.78 is 19.1. The van der Waals surface area contributed by atoms with E-state index in [0.717, 1.165) is 47.5 Å². The molecular formula is C31H45N6O2P. The Kier molecular flexibility index (Phi) is 9.42. The van der Waals surface area contributed by atoms with Crippen molar-refractivity contribution in [2.45, 2.75) is 59.1 Å². The number of ether oxygens (including phenoxy) is 1. The molecule has 0 amide bonds. The van der Waals surface area contributed by atoms with Gasteiger partial charge in [0.25, 0.3) is 0 Å². The van der Waals surface area contributed by atoms with E-state index in [1.807, 2.05) is 45.0 Å². The van der Waals surface area contributed by atoms with E-state index in [9.17, 15) is 4.57 Å². The quantitative estimate of drug-likeness (QED) is 0.319. The first-order chi connectivity index (χ1) is 19.1. The molecule has 0 bridgehead atoms. The van der Waals surface area contributed by atoms with Crippen LogP contribution in [0, 0.1) is 6.92 Å². The molecular weight excluding hydrogens is 519 g/mol. The van der Waals surface area contributed by atoms with Crippen LogP contribution in [0.25, 0.3) is 0 Å². The maximum atomic E-state index is 12.8. The second kappa shape index (κ2) is 12.6. The van der Waals surface area contributed by atoms with Crippen LogP contribution in [-0.2, 0) is 11.0 Å². The summed E-state index contributed by atoms with van der Waals surface area (Å²) in [5.41, 5.74) is 5.11. The lowest BCUT2D eigenvalue weighted by Crippen LogP contribution is -2.42. The highest BCUT2D eigenvalue weighted by Gasteiger charge is 2.30. The van der Waals surface area contributed by atoms with Gasteiger partial charge in [-0.1, -0.05) is 26.0 Å². The summed E-state index contributed by atoms with van der Waals surface area (Å²) in [5, 5.41) is 7.60. The largest absolute Gasteiger partial charge is 0.488 e. The van der Waals surface area contributed by atoms with E-state index in [0.29, 0.717) is 17.8 Å². The smallest absolute Gasteiger partial charge is 0.229 e. The second-order valence-electron chi connectivity index (χ2n) is 11.1. The van der Waals surface area contributed by atoms with Crippen LogP contribution in [0.15, 0.2) is 42.6 Å². The van der Waals surface area contributed by atoms with Crippen LogP contribution in [0.2, 0.25) is 0 Å². The van der Waals surface area contributed by atoms with Crippen molar-refractivity contribution in [1.82, 2.24) is 14.9 Å². The summed E-state index contributed by atoms with van der Waals surface area (Å²) >= 11 is 0. The Balaban J connectivity index is 0.00000181. The molecule has 2 N–H and O–H groups in total. The molecule has 0 unspecified atom stereocenters. The number of nitrogens with one attached hydrogen (secondary N) is 2. The summed E-state index contributed by atoms with van der Waals surface area (Å²) in [4.78, 5) is 14.2. The standard InChI is InChI=1S/C29H39N6O2P.C2H6/c1-19-18-30-29(33-28(19)31-23-9-7-8-10-26(23)38(5,6)36)32-24-11-12-25(22-17-20(2)37-27(22)24)35-15-13-21(14-16-35)34(3)4;1-2/h7-12,18,20-21H,13-17H2,1-6H3,(H2,30,31,32,33);1-2H3/t20-;/m1./s1. The SMILES string of the molecule is CC.Cc1cnc(Nc2ccc(N3CCC(N(C)C)CC3)c3c2O[C@H](C)C3)nc1Nc1ccccc1P(C)(C)=O. The first kappa shape index (κ1) is 29.9. The van der Waals surface area contributed by atoms with E-state index in [2.05, 4.69) is 58.6 Å². The number of aromatic nitrogens is 2. The average Bonchev–Trinajstić information content (AvgIpc) is 3.33. The number of para-hydroxylation sites is 1. The maximum absolute atomic E-state index is 12.8. The lowest BCUT2D eigenvalue weighted by molar-refractivity contribution is 0.249. The molecule has 1 saturated heterocycles. The van der Waals surface area contributed by atoms with Gasteiger partial charge in [0.15, 0.2) is 0 Å². The molecule has 9 heteroatoms. The molecule has 1 atom stereocenters. The summed E-state index contributed by atoms with van der Waals surface area (Å²) in [5.74, 6) is 2.05. The number of anilines is 5. The van der Waals surface area contributed by atoms with E-state index >= 15 is 0 Å². The van der Waals surface area contributed by atoms with Crippen LogP contribution in [0.5, 0.6) is 5.75 Å². The monoisotopic (exact) mass is 564 g/mol. The lowest BCUT2D eigenvalue weighted by Gasteiger charge is -2.37. The number of rotatable bonds is 7. The van der Waals surface area contributed by atoms with E-state index < -0.39 is 7.14 Å². The third-order valence-electron chi connectivity index (χ3n) is 7.54. The Hall–Kier alpha value is -3.09. The van der Waals surface area contributed by atoms with Crippen molar-refractivity contribution < 1.29 is 9.30 Å². The first-order valence-electron chi connectivity index (χ1n) is 14.4. The molecule has 3 aromatic rings. The van der Waals surface area contributed by atoms with E-state index in [1.165, 1.54) is 24.1 Å². The first-order valence-corrected chi connectivity index (χ1v) is 17.0. The highest BCUT2D eigenvalue weighted by atomic mass is 31.2. The minimum Gasteiger partial charge on any atom is -0.488 e. The molecule has 1 aromatic heterocycles. The third-order valence-corrected chi connectivity index (χ3v) is 9.09. The van der Waals surface area contributed by atoms with Crippen molar-refractivity contribution in [3.05, 3.63) is 53.7 Å². The van der Waals surface area contributed by atoms with Crippen molar-refractivity contribution in [2.75, 3.05) is 56.0 Å². The number of aryl methyl sites for hydroxylation is 1. The predicted octanol–water partition coefficient (Wildman–Crippen LogP) is 6.40. The normalized spacial score (nSPS) is 17.1. The zero-order chi connectivity index (χ0) is 29.0. The van der Waals surface area contributed by atoms with Gasteiger partial charge >= 0.3 is 0 Å². The number of benzene rings is 2. The van der Waals surface area contributed by atoms with Gasteiger partial charge in [-0.3, -0.25) is 0 Å². The Morgan fingerprint density at radius 3 is 2.40 bits per heavy atom. The molecule has 8 nitrogen and oxygen atoms in total. The van der Waals surface area contributed by atoms with Crippen LogP contribution < -0.4 is 25.6 Å². The maximum Gasteiger partial charge on any atom is 0.229 e. The average molecular weight is 565 g/mol. The molecule has 1 fully saturated rings. The zero-order valence-electron chi connectivity index (χ0n) is 25.3. The van der Waals surface area contributed by atoms with E-state index in [-0.39, 0.29) is 6.10 Å². The molecule has 0 saturated carbocycles. The molecule has 3 heterocycles. The van der Waals surface area contributed by atoms with Gasteiger partial charge in [0.2, 0.25) is 5.95 Å². The highest BCUT2D eigenvalue weighted by molar-refractivity contribution is 7.70. The van der Waals surface area contributed by atoms with Gasteiger partial charge in [0, 0.05) is 53.9 Å². The minimum absolute atomic E-state index is 0.123. The van der Waals surface area contributed by atoms with Gasteiger partial charge in [-0.15, -0.1) is 0 Å². The fraction of sp³-hybridized carbons (Fsp3) is 0.484. The highest BCUT2D eigenvalue weighted by Crippen LogP contribution is 2.44. The van der Waals surface area contributed by atoms with E-state index in [4.69, 9.17) is 9.72 Å². The molecule has 2 aliphatic heterocycles. The van der Waals surface area contributed by atoms with Gasteiger partial charge < -0.3 is 29.7 Å². The van der Waals surface area contributed by atoms with Gasteiger partial charge in [-0.25, -0.2) is 4.98 Å². The Labute approximate surface area is 239 Å². The minimum atomic E-state index is -2.46. The molecule has 5 rings (SSSR count). The summed E-state index contributed by atoms with van der Waals surface area (Å²) in [7, 11) is 1.89. The number of hydrogen-bond acceptors (Lipinski definition) is 8. The topological polar surface area (TPSA) is 82.6 Å². The zero-order valence-corrected chi connectivity index (χ0v) is 26.2. The number of nitrogens with zero attached hydrogens (tertiary/aromatic N) is 4. The summed E-state index contributed by atoms with van der Waals surface area (Å²) in [6, 6.07) is 12.6. The Bertz CT molecular complexity index is 1360. The van der Waals surface area contributed by atoms with Crippen molar-refractivity contribution >= 4 is 41.3 Å². The molecule has 40 heavy (non-hydrogen) atoms. The van der Waals surface area contributed by atoms with Crippen LogP contribution in [0.3, 0.4) is 0 Å². The van der Waals surface area contributed by atoms with Crippen LogP contribution in [-0.4, -0.2) is 67.5 Å². The Morgan fingerprint density at radius 1 is 1.02 bits per heavy atom. The van der Waals surface area contributed by atoms with Crippen LogP contribution >= 0.6 is 7.14 Å². The van der Waals surface area contributed by atoms with Gasteiger partial charge in [0.05, 0.1) is 11.4 Å². The third kappa shape index (κ3) is 6.61. The van der Waals surface area contributed by atoms with Gasteiger partial charge in [0.1, 0.15) is 24.8 Å². The second-order valence-corrected chi connectivity index (χ2v) is 14.3. The molecule has 0 spiro atoms.